The number of hydrogen-bond acceptors (Lipinski definition) is 6. The van der Waals surface area contributed by atoms with Crippen LogP contribution in [0.15, 0.2) is 52.8 Å². The third-order valence-corrected chi connectivity index (χ3v) is 5.70. The van der Waals surface area contributed by atoms with Gasteiger partial charge in [0.15, 0.2) is 4.80 Å². The van der Waals surface area contributed by atoms with Crippen molar-refractivity contribution in [3.05, 3.63) is 63.5 Å². The summed E-state index contributed by atoms with van der Waals surface area (Å²) in [5, 5.41) is 5.66. The highest BCUT2D eigenvalue weighted by atomic mass is 35.5. The van der Waals surface area contributed by atoms with Crippen molar-refractivity contribution in [2.24, 2.45) is 4.99 Å². The zero-order valence-corrected chi connectivity index (χ0v) is 19.5. The average Bonchev–Trinajstić information content (AvgIpc) is 3.17. The van der Waals surface area contributed by atoms with E-state index in [1.54, 1.807) is 38.3 Å². The van der Waals surface area contributed by atoms with Crippen molar-refractivity contribution in [2.45, 2.75) is 19.9 Å². The van der Waals surface area contributed by atoms with Gasteiger partial charge in [-0.1, -0.05) is 11.6 Å². The Balaban J connectivity index is 1.87. The van der Waals surface area contributed by atoms with Crippen molar-refractivity contribution in [3.8, 4) is 17.0 Å². The number of rotatable bonds is 10. The zero-order chi connectivity index (χ0) is 22.9. The van der Waals surface area contributed by atoms with Gasteiger partial charge in [0.05, 0.1) is 26.0 Å². The Labute approximate surface area is 195 Å². The molecule has 1 N–H and O–H groups in total. The molecule has 0 amide bonds. The first-order chi connectivity index (χ1) is 15.5. The molecule has 1 heterocycles. The van der Waals surface area contributed by atoms with E-state index in [9.17, 15) is 9.18 Å². The van der Waals surface area contributed by atoms with Crippen molar-refractivity contribution in [3.63, 3.8) is 0 Å². The van der Waals surface area contributed by atoms with Gasteiger partial charge in [-0.2, -0.15) is 0 Å². The maximum Gasteiger partial charge on any atom is 0.319 e. The number of thiazole rings is 1. The standard InChI is InChI=1S/C23H25ClFN3O3S/c1-3-31-22(29)14-26-11-4-12-28-20(16-5-8-18(25)9-6-16)15-32-23(28)27-19-10-7-17(24)13-21(19)30-2/h5-10,13,15,26H,3-4,11-12,14H2,1-2H3/b27-23+. The summed E-state index contributed by atoms with van der Waals surface area (Å²) in [5.74, 6) is 0.0274. The number of halogens is 2. The molecular formula is C23H25ClFN3O3S. The molecule has 3 aromatic rings. The molecule has 0 aliphatic carbocycles. The van der Waals surface area contributed by atoms with Crippen LogP contribution in [-0.4, -0.2) is 37.3 Å². The second-order valence-corrected chi connectivity index (χ2v) is 8.10. The van der Waals surface area contributed by atoms with E-state index in [0.29, 0.717) is 36.2 Å². The lowest BCUT2D eigenvalue weighted by molar-refractivity contribution is -0.141. The monoisotopic (exact) mass is 477 g/mol. The first-order valence-electron chi connectivity index (χ1n) is 10.2. The molecule has 0 spiro atoms. The SMILES string of the molecule is CCOC(=O)CNCCCn1c(-c2ccc(F)cc2)cs/c1=N/c1ccc(Cl)cc1OC. The van der Waals surface area contributed by atoms with Gasteiger partial charge in [0.1, 0.15) is 17.3 Å². The Kier molecular flexibility index (Phi) is 8.84. The number of carbonyl (C=O) groups is 1. The topological polar surface area (TPSA) is 64.8 Å². The van der Waals surface area contributed by atoms with Crippen LogP contribution < -0.4 is 14.9 Å². The number of carbonyl (C=O) groups excluding carboxylic acids is 1. The Bertz CT molecular complexity index is 1110. The number of nitrogens with one attached hydrogen (secondary N) is 1. The Hall–Kier alpha value is -2.68. The van der Waals surface area contributed by atoms with E-state index in [0.717, 1.165) is 22.5 Å². The van der Waals surface area contributed by atoms with E-state index in [1.807, 2.05) is 11.4 Å². The molecule has 170 valence electrons. The van der Waals surface area contributed by atoms with Crippen molar-refractivity contribution in [2.75, 3.05) is 26.8 Å². The van der Waals surface area contributed by atoms with Crippen LogP contribution in [0.4, 0.5) is 10.1 Å². The van der Waals surface area contributed by atoms with Crippen LogP contribution in [0.3, 0.4) is 0 Å². The van der Waals surface area contributed by atoms with E-state index in [2.05, 4.69) is 9.88 Å². The van der Waals surface area contributed by atoms with Gasteiger partial charge in [-0.15, -0.1) is 11.3 Å². The number of hydrogen-bond donors (Lipinski definition) is 1. The molecule has 0 saturated heterocycles. The van der Waals surface area contributed by atoms with Crippen LogP contribution in [-0.2, 0) is 16.1 Å². The predicted molar refractivity (Wildman–Crippen MR) is 125 cm³/mol. The van der Waals surface area contributed by atoms with E-state index >= 15 is 0 Å². The molecular weight excluding hydrogens is 453 g/mol. The van der Waals surface area contributed by atoms with Crippen LogP contribution in [0.1, 0.15) is 13.3 Å². The lowest BCUT2D eigenvalue weighted by Gasteiger charge is -2.11. The fourth-order valence-corrected chi connectivity index (χ4v) is 4.21. The maximum absolute atomic E-state index is 13.4. The summed E-state index contributed by atoms with van der Waals surface area (Å²) >= 11 is 7.56. The van der Waals surface area contributed by atoms with E-state index in [1.165, 1.54) is 23.5 Å². The second kappa shape index (κ2) is 11.8. The normalized spacial score (nSPS) is 11.6. The van der Waals surface area contributed by atoms with Gasteiger partial charge in [-0.05, 0) is 61.9 Å². The van der Waals surface area contributed by atoms with Gasteiger partial charge in [-0.25, -0.2) is 9.38 Å². The number of ether oxygens (including phenoxy) is 2. The quantitative estimate of drug-likeness (QED) is 0.337. The van der Waals surface area contributed by atoms with Gasteiger partial charge >= 0.3 is 5.97 Å². The van der Waals surface area contributed by atoms with Crippen LogP contribution in [0.25, 0.3) is 11.3 Å². The Morgan fingerprint density at radius 3 is 2.75 bits per heavy atom. The minimum absolute atomic E-state index is 0.173. The van der Waals surface area contributed by atoms with Crippen LogP contribution in [0.2, 0.25) is 5.02 Å². The lowest BCUT2D eigenvalue weighted by Crippen LogP contribution is -2.27. The molecule has 32 heavy (non-hydrogen) atoms. The minimum atomic E-state index is -0.283. The first-order valence-corrected chi connectivity index (χ1v) is 11.5. The molecule has 0 fully saturated rings. The number of nitrogens with zero attached hydrogens (tertiary/aromatic N) is 2. The van der Waals surface area contributed by atoms with Crippen molar-refractivity contribution >= 4 is 34.6 Å². The summed E-state index contributed by atoms with van der Waals surface area (Å²) in [4.78, 5) is 17.1. The Morgan fingerprint density at radius 1 is 1.25 bits per heavy atom. The van der Waals surface area contributed by atoms with Crippen molar-refractivity contribution < 1.29 is 18.7 Å². The smallest absolute Gasteiger partial charge is 0.319 e. The Morgan fingerprint density at radius 2 is 2.03 bits per heavy atom. The number of benzene rings is 2. The van der Waals surface area contributed by atoms with Crippen LogP contribution in [0.5, 0.6) is 5.75 Å². The van der Waals surface area contributed by atoms with Gasteiger partial charge in [0.2, 0.25) is 0 Å². The molecule has 0 bridgehead atoms. The largest absolute Gasteiger partial charge is 0.494 e. The summed E-state index contributed by atoms with van der Waals surface area (Å²) < 4.78 is 25.9. The summed E-state index contributed by atoms with van der Waals surface area (Å²) in [6, 6.07) is 11.7. The third-order valence-electron chi connectivity index (χ3n) is 4.61. The maximum atomic E-state index is 13.4. The number of aromatic nitrogens is 1. The molecule has 6 nitrogen and oxygen atoms in total. The van der Waals surface area contributed by atoms with Gasteiger partial charge in [0.25, 0.3) is 0 Å². The fourth-order valence-electron chi connectivity index (χ4n) is 3.10. The molecule has 0 radical (unpaired) electrons. The highest BCUT2D eigenvalue weighted by Gasteiger charge is 2.10. The highest BCUT2D eigenvalue weighted by Crippen LogP contribution is 2.30. The summed E-state index contributed by atoms with van der Waals surface area (Å²) in [5.41, 5.74) is 2.50. The molecule has 0 unspecified atom stereocenters. The summed E-state index contributed by atoms with van der Waals surface area (Å²) in [6.07, 6.45) is 0.759. The summed E-state index contributed by atoms with van der Waals surface area (Å²) in [7, 11) is 1.58. The fraction of sp³-hybridized carbons (Fsp3) is 0.304. The third kappa shape index (κ3) is 6.41. The zero-order valence-electron chi connectivity index (χ0n) is 17.9. The van der Waals surface area contributed by atoms with E-state index in [4.69, 9.17) is 26.1 Å². The molecule has 3 rings (SSSR count). The molecule has 2 aromatic carbocycles. The average molecular weight is 478 g/mol. The molecule has 1 aromatic heterocycles. The molecule has 0 aliphatic rings. The van der Waals surface area contributed by atoms with Crippen molar-refractivity contribution in [1.82, 2.24) is 9.88 Å². The molecule has 9 heteroatoms. The van der Waals surface area contributed by atoms with Crippen LogP contribution >= 0.6 is 22.9 Å². The number of methoxy groups -OCH3 is 1. The molecule has 0 aliphatic heterocycles. The van der Waals surface area contributed by atoms with Gasteiger partial charge < -0.3 is 19.4 Å². The minimum Gasteiger partial charge on any atom is -0.494 e. The predicted octanol–water partition coefficient (Wildman–Crippen LogP) is 4.79. The first kappa shape index (κ1) is 24.0. The number of esters is 1. The van der Waals surface area contributed by atoms with Crippen molar-refractivity contribution in [1.29, 1.82) is 0 Å². The van der Waals surface area contributed by atoms with Gasteiger partial charge in [-0.3, -0.25) is 4.79 Å². The van der Waals surface area contributed by atoms with Crippen LogP contribution in [0, 0.1) is 5.82 Å². The highest BCUT2D eigenvalue weighted by molar-refractivity contribution is 7.07. The van der Waals surface area contributed by atoms with Gasteiger partial charge in [0, 0.05) is 23.0 Å². The lowest BCUT2D eigenvalue weighted by atomic mass is 10.1. The molecule has 0 atom stereocenters. The summed E-state index contributed by atoms with van der Waals surface area (Å²) in [6.45, 7) is 3.61. The second-order valence-electron chi connectivity index (χ2n) is 6.83. The van der Waals surface area contributed by atoms with E-state index in [-0.39, 0.29) is 18.3 Å². The van der Waals surface area contributed by atoms with E-state index < -0.39 is 0 Å². The molecule has 0 saturated carbocycles.